The van der Waals surface area contributed by atoms with Crippen LogP contribution in [0.2, 0.25) is 0 Å². The number of nitrogens with zero attached hydrogens (tertiary/aromatic N) is 1. The van der Waals surface area contributed by atoms with E-state index in [0.717, 1.165) is 39.0 Å². The molecule has 3 nitrogen and oxygen atoms in total. The lowest BCUT2D eigenvalue weighted by atomic mass is 9.65. The van der Waals surface area contributed by atoms with Gasteiger partial charge in [0.1, 0.15) is 5.75 Å². The smallest absolute Gasteiger partial charge is 0.163 e. The van der Waals surface area contributed by atoms with Crippen molar-refractivity contribution in [3.05, 3.63) is 76.1 Å². The first kappa shape index (κ1) is 28.9. The lowest BCUT2D eigenvalue weighted by Gasteiger charge is -2.38. The maximum Gasteiger partial charge on any atom is 0.163 e. The van der Waals surface area contributed by atoms with Crippen LogP contribution < -0.4 is 0 Å². The van der Waals surface area contributed by atoms with Crippen LogP contribution in [0.5, 0.6) is 5.75 Å². The number of rotatable bonds is 2. The number of benzene rings is 1. The van der Waals surface area contributed by atoms with Gasteiger partial charge >= 0.3 is 0 Å². The summed E-state index contributed by atoms with van der Waals surface area (Å²) >= 11 is 0. The van der Waals surface area contributed by atoms with Gasteiger partial charge in [0.2, 0.25) is 0 Å². The number of carbonyl (C=O) groups is 1. The molecule has 0 radical (unpaired) electrons. The third-order valence-corrected chi connectivity index (χ3v) is 7.46. The van der Waals surface area contributed by atoms with Gasteiger partial charge in [0, 0.05) is 40.6 Å². The Morgan fingerprint density at radius 3 is 1.78 bits per heavy atom. The van der Waals surface area contributed by atoms with Crippen LogP contribution in [0.15, 0.2) is 53.9 Å². The molecule has 1 aromatic heterocycles. The van der Waals surface area contributed by atoms with Crippen LogP contribution in [0.1, 0.15) is 112 Å². The second-order valence-electron chi connectivity index (χ2n) is 14.9. The number of aromatic nitrogens is 1. The molecule has 1 unspecified atom stereocenters. The highest BCUT2D eigenvalue weighted by Crippen LogP contribution is 2.47. The molecule has 0 fully saturated rings. The van der Waals surface area contributed by atoms with E-state index in [2.05, 4.69) is 112 Å². The average molecular weight is 502 g/mol. The highest BCUT2D eigenvalue weighted by Gasteiger charge is 2.40. The second-order valence-corrected chi connectivity index (χ2v) is 14.9. The van der Waals surface area contributed by atoms with Gasteiger partial charge in [0.25, 0.3) is 0 Å². The van der Waals surface area contributed by atoms with E-state index in [1.165, 1.54) is 0 Å². The Balaban J connectivity index is 2.51. The second kappa shape index (κ2) is 9.57. The van der Waals surface area contributed by atoms with Crippen molar-refractivity contribution in [1.82, 2.24) is 4.98 Å². The van der Waals surface area contributed by atoms with E-state index in [1.807, 2.05) is 12.3 Å². The molecule has 37 heavy (non-hydrogen) atoms. The number of phenolic OH excluding ortho intramolecular Hbond substituents is 1. The number of allylic oxidation sites excluding steroid dienone is 3. The highest BCUT2D eigenvalue weighted by molar-refractivity contribution is 6.02. The molecule has 0 aliphatic heterocycles. The molecule has 3 heteroatoms. The minimum Gasteiger partial charge on any atom is -0.507 e. The Hall–Kier alpha value is -2.68. The van der Waals surface area contributed by atoms with Gasteiger partial charge in [-0.2, -0.15) is 0 Å². The minimum absolute atomic E-state index is 0.116. The van der Waals surface area contributed by atoms with Gasteiger partial charge in [0.05, 0.1) is 0 Å². The fraction of sp³-hybridized carbons (Fsp3) is 0.529. The van der Waals surface area contributed by atoms with E-state index < -0.39 is 0 Å². The Morgan fingerprint density at radius 1 is 0.838 bits per heavy atom. The Labute approximate surface area is 225 Å². The molecule has 0 saturated carbocycles. The summed E-state index contributed by atoms with van der Waals surface area (Å²) in [6.07, 6.45) is 6.52. The van der Waals surface area contributed by atoms with Crippen molar-refractivity contribution >= 4 is 11.4 Å². The molecule has 0 amide bonds. The Bertz CT molecular complexity index is 1200. The van der Waals surface area contributed by atoms with E-state index in [-0.39, 0.29) is 33.4 Å². The van der Waals surface area contributed by atoms with E-state index in [4.69, 9.17) is 0 Å². The Morgan fingerprint density at radius 2 is 1.38 bits per heavy atom. The number of carbonyl (C=O) groups excluding carboxylic acids is 1. The van der Waals surface area contributed by atoms with Crippen LogP contribution in [-0.4, -0.2) is 15.9 Å². The van der Waals surface area contributed by atoms with Crippen molar-refractivity contribution in [2.45, 2.75) is 100 Å². The van der Waals surface area contributed by atoms with Gasteiger partial charge in [-0.1, -0.05) is 95.2 Å². The standard InChI is InChI=1S/C34H47NO2/c1-31(2,3)24-16-22(17-25(29(24)36)32(4,5)6)28(21-14-13-15-35-20-21)23-18-26(33(7,8)9)30(37)27(19-23)34(10,11)12/h13-18,20,27,36H,19H2,1-12H3. The summed E-state index contributed by atoms with van der Waals surface area (Å²) in [5.41, 5.74) is 6.13. The number of Topliss-reactive ketones (excluding diaryl/α,β-unsaturated/α-hetero) is 1. The van der Waals surface area contributed by atoms with Crippen LogP contribution in [0.4, 0.5) is 0 Å². The van der Waals surface area contributed by atoms with E-state index in [0.29, 0.717) is 12.2 Å². The molecule has 0 saturated heterocycles. The first-order valence-corrected chi connectivity index (χ1v) is 13.5. The van der Waals surface area contributed by atoms with Crippen molar-refractivity contribution in [3.8, 4) is 5.75 Å². The quantitative estimate of drug-likeness (QED) is 0.447. The highest BCUT2D eigenvalue weighted by atomic mass is 16.3. The summed E-state index contributed by atoms with van der Waals surface area (Å²) in [5.74, 6) is 0.511. The molecule has 1 N–H and O–H groups in total. The first-order valence-electron chi connectivity index (χ1n) is 13.5. The fourth-order valence-corrected chi connectivity index (χ4v) is 5.23. The van der Waals surface area contributed by atoms with Crippen molar-refractivity contribution in [3.63, 3.8) is 0 Å². The number of hydrogen-bond acceptors (Lipinski definition) is 3. The average Bonchev–Trinajstić information content (AvgIpc) is 2.73. The first-order chi connectivity index (χ1) is 16.7. The van der Waals surface area contributed by atoms with Gasteiger partial charge in [-0.25, -0.2) is 0 Å². The summed E-state index contributed by atoms with van der Waals surface area (Å²) in [6, 6.07) is 8.36. The number of phenols is 1. The third kappa shape index (κ3) is 6.08. The van der Waals surface area contributed by atoms with Crippen molar-refractivity contribution < 1.29 is 9.90 Å². The zero-order valence-corrected chi connectivity index (χ0v) is 25.1. The number of aromatic hydroxyl groups is 1. The van der Waals surface area contributed by atoms with Crippen LogP contribution in [0.3, 0.4) is 0 Å². The predicted molar refractivity (Wildman–Crippen MR) is 156 cm³/mol. The van der Waals surface area contributed by atoms with Crippen LogP contribution in [0.25, 0.3) is 5.57 Å². The predicted octanol–water partition coefficient (Wildman–Crippen LogP) is 8.79. The fourth-order valence-electron chi connectivity index (χ4n) is 5.23. The molecular formula is C34H47NO2. The molecule has 3 rings (SSSR count). The molecular weight excluding hydrogens is 454 g/mol. The topological polar surface area (TPSA) is 50.2 Å². The molecule has 0 bridgehead atoms. The Kier molecular flexibility index (Phi) is 7.47. The summed E-state index contributed by atoms with van der Waals surface area (Å²) in [7, 11) is 0. The number of hydrogen-bond donors (Lipinski definition) is 1. The van der Waals surface area contributed by atoms with E-state index >= 15 is 0 Å². The normalized spacial score (nSPS) is 19.1. The van der Waals surface area contributed by atoms with Crippen LogP contribution >= 0.6 is 0 Å². The molecule has 1 aliphatic rings. The number of ketones is 1. The van der Waals surface area contributed by atoms with Gasteiger partial charge in [-0.05, 0) is 63.0 Å². The van der Waals surface area contributed by atoms with E-state index in [9.17, 15) is 9.90 Å². The monoisotopic (exact) mass is 501 g/mol. The van der Waals surface area contributed by atoms with Crippen molar-refractivity contribution in [1.29, 1.82) is 0 Å². The van der Waals surface area contributed by atoms with Gasteiger partial charge < -0.3 is 5.11 Å². The molecule has 1 aromatic carbocycles. The number of pyridine rings is 1. The molecule has 200 valence electrons. The van der Waals surface area contributed by atoms with Crippen molar-refractivity contribution in [2.24, 2.45) is 16.7 Å². The summed E-state index contributed by atoms with van der Waals surface area (Å²) in [4.78, 5) is 18.2. The van der Waals surface area contributed by atoms with E-state index in [1.54, 1.807) is 6.20 Å². The van der Waals surface area contributed by atoms with Gasteiger partial charge in [-0.3, -0.25) is 9.78 Å². The van der Waals surface area contributed by atoms with Gasteiger partial charge in [-0.15, -0.1) is 0 Å². The third-order valence-electron chi connectivity index (χ3n) is 7.46. The maximum atomic E-state index is 13.7. The summed E-state index contributed by atoms with van der Waals surface area (Å²) < 4.78 is 0. The van der Waals surface area contributed by atoms with Crippen LogP contribution in [-0.2, 0) is 15.6 Å². The molecule has 1 aliphatic carbocycles. The SMILES string of the molecule is CC(C)(C)C1=CC(=C(c2cccnc2)c2cc(C(C)(C)C)c(O)c(C(C)(C)C)c2)CC(C(C)(C)C)C1=O. The summed E-state index contributed by atoms with van der Waals surface area (Å²) in [6.45, 7) is 25.7. The zero-order chi connectivity index (χ0) is 28.1. The minimum atomic E-state index is -0.269. The van der Waals surface area contributed by atoms with Gasteiger partial charge in [0.15, 0.2) is 5.78 Å². The lowest BCUT2D eigenvalue weighted by molar-refractivity contribution is -0.123. The molecule has 2 aromatic rings. The maximum absolute atomic E-state index is 13.7. The molecule has 1 atom stereocenters. The van der Waals surface area contributed by atoms with Crippen LogP contribution in [0, 0.1) is 16.7 Å². The molecule has 0 spiro atoms. The van der Waals surface area contributed by atoms with Crippen molar-refractivity contribution in [2.75, 3.05) is 0 Å². The molecule has 1 heterocycles. The zero-order valence-electron chi connectivity index (χ0n) is 25.1. The largest absolute Gasteiger partial charge is 0.507 e. The summed E-state index contributed by atoms with van der Waals surface area (Å²) in [5, 5.41) is 11.4. The lowest BCUT2D eigenvalue weighted by Crippen LogP contribution is -2.36.